The van der Waals surface area contributed by atoms with E-state index in [-0.39, 0.29) is 5.78 Å². The molecule has 5 rings (SSSR count). The van der Waals surface area contributed by atoms with Gasteiger partial charge in [-0.1, -0.05) is 54.4 Å². The Kier molecular flexibility index (Phi) is 5.78. The maximum atomic E-state index is 13.5. The summed E-state index contributed by atoms with van der Waals surface area (Å²) in [5.41, 5.74) is 3.52. The lowest BCUT2D eigenvalue weighted by atomic mass is 10.00. The van der Waals surface area contributed by atoms with Crippen molar-refractivity contribution >= 4 is 39.3 Å². The number of aryl methyl sites for hydroxylation is 1. The number of oxime groups is 1. The Morgan fingerprint density at radius 2 is 1.64 bits per heavy atom. The van der Waals surface area contributed by atoms with Crippen LogP contribution in [0.1, 0.15) is 53.3 Å². The Balaban J connectivity index is 1.47. The summed E-state index contributed by atoms with van der Waals surface area (Å²) in [6.07, 6.45) is 3.76. The number of aromatic nitrogens is 1. The Morgan fingerprint density at radius 3 is 2.39 bits per heavy atom. The van der Waals surface area contributed by atoms with Crippen molar-refractivity contribution in [1.29, 1.82) is 0 Å². The van der Waals surface area contributed by atoms with Gasteiger partial charge < -0.3 is 9.40 Å². The van der Waals surface area contributed by atoms with Crippen LogP contribution in [0.15, 0.2) is 78.0 Å². The molecule has 5 heteroatoms. The van der Waals surface area contributed by atoms with Crippen LogP contribution in [0.3, 0.4) is 0 Å². The van der Waals surface area contributed by atoms with E-state index in [1.165, 1.54) is 12.8 Å². The lowest BCUT2D eigenvalue weighted by Crippen LogP contribution is -2.16. The van der Waals surface area contributed by atoms with Crippen LogP contribution in [0, 0.1) is 5.92 Å². The summed E-state index contributed by atoms with van der Waals surface area (Å²) in [6, 6.07) is 22.7. The largest absolute Gasteiger partial charge is 0.365 e. The van der Waals surface area contributed by atoms with Crippen molar-refractivity contribution in [1.82, 2.24) is 4.57 Å². The Morgan fingerprint density at radius 1 is 0.909 bits per heavy atom. The minimum atomic E-state index is -0.561. The van der Waals surface area contributed by atoms with E-state index < -0.39 is 5.97 Å². The third kappa shape index (κ3) is 4.31. The normalized spacial score (nSPS) is 14.0. The van der Waals surface area contributed by atoms with Gasteiger partial charge in [-0.25, -0.2) is 4.79 Å². The van der Waals surface area contributed by atoms with Crippen LogP contribution in [0.25, 0.3) is 21.8 Å². The third-order valence-electron chi connectivity index (χ3n) is 6.35. The number of fused-ring (bicyclic) bond motifs is 3. The molecular weight excluding hydrogens is 412 g/mol. The molecule has 0 atom stereocenters. The lowest BCUT2D eigenvalue weighted by molar-refractivity contribution is 0.0514. The molecule has 1 heterocycles. The van der Waals surface area contributed by atoms with Crippen LogP contribution >= 0.6 is 0 Å². The number of rotatable bonds is 8. The van der Waals surface area contributed by atoms with Crippen LogP contribution in [-0.2, 0) is 11.4 Å². The minimum absolute atomic E-state index is 0.188. The van der Waals surface area contributed by atoms with Crippen molar-refractivity contribution in [2.24, 2.45) is 11.1 Å². The van der Waals surface area contributed by atoms with Crippen LogP contribution in [0.4, 0.5) is 0 Å². The highest BCUT2D eigenvalue weighted by Crippen LogP contribution is 2.34. The molecule has 0 unspecified atom stereocenters. The average molecular weight is 439 g/mol. The quantitative estimate of drug-likeness (QED) is 0.138. The van der Waals surface area contributed by atoms with Crippen molar-refractivity contribution in [3.63, 3.8) is 0 Å². The molecule has 0 aliphatic heterocycles. The van der Waals surface area contributed by atoms with Gasteiger partial charge in [-0.3, -0.25) is 4.79 Å². The second kappa shape index (κ2) is 9.02. The van der Waals surface area contributed by atoms with E-state index in [4.69, 9.17) is 4.84 Å². The van der Waals surface area contributed by atoms with Crippen molar-refractivity contribution in [2.75, 3.05) is 0 Å². The second-order valence-corrected chi connectivity index (χ2v) is 8.59. The number of ketones is 1. The molecule has 3 aromatic carbocycles. The van der Waals surface area contributed by atoms with E-state index in [0.717, 1.165) is 34.8 Å². The topological polar surface area (TPSA) is 60.7 Å². The molecule has 5 nitrogen and oxygen atoms in total. The van der Waals surface area contributed by atoms with E-state index in [1.54, 1.807) is 24.3 Å². The van der Waals surface area contributed by atoms with Crippen molar-refractivity contribution in [3.05, 3.63) is 83.9 Å². The molecule has 0 bridgehead atoms. The highest BCUT2D eigenvalue weighted by molar-refractivity contribution is 6.46. The molecule has 0 spiro atoms. The van der Waals surface area contributed by atoms with Crippen molar-refractivity contribution < 1.29 is 14.4 Å². The number of hydrogen-bond donors (Lipinski definition) is 0. The summed E-state index contributed by atoms with van der Waals surface area (Å²) in [6.45, 7) is 2.97. The van der Waals surface area contributed by atoms with E-state index in [1.807, 2.05) is 36.4 Å². The van der Waals surface area contributed by atoms with E-state index in [2.05, 4.69) is 28.8 Å². The van der Waals surface area contributed by atoms with Gasteiger partial charge in [0, 0.05) is 33.9 Å². The summed E-state index contributed by atoms with van der Waals surface area (Å²) in [4.78, 5) is 31.0. The molecular formula is C28H26N2O3. The smallest absolute Gasteiger partial charge is 0.341 e. The number of nitrogens with zero attached hydrogens (tertiary/aromatic N) is 2. The van der Waals surface area contributed by atoms with Gasteiger partial charge in [0.1, 0.15) is 5.71 Å². The predicted molar refractivity (Wildman–Crippen MR) is 131 cm³/mol. The molecule has 33 heavy (non-hydrogen) atoms. The Bertz CT molecular complexity index is 1360. The first-order valence-electron chi connectivity index (χ1n) is 11.5. The zero-order chi connectivity index (χ0) is 22.8. The molecule has 1 aliphatic rings. The standard InChI is InChI=1S/C28H26N2O3/c1-2-30-25-11-7-6-10-22(25)23-18-21(15-17-26(23)30)27(31)24(16-14-19-12-13-19)29-33-28(32)20-8-4-3-5-9-20/h3-11,15,17-19H,2,12-14,16H2,1H3. The fourth-order valence-electron chi connectivity index (χ4n) is 4.37. The van der Waals surface area contributed by atoms with Gasteiger partial charge in [-0.15, -0.1) is 0 Å². The second-order valence-electron chi connectivity index (χ2n) is 8.59. The Labute approximate surface area is 192 Å². The lowest BCUT2D eigenvalue weighted by Gasteiger charge is -2.07. The average Bonchev–Trinajstić information content (AvgIpc) is 3.64. The van der Waals surface area contributed by atoms with E-state index in [0.29, 0.717) is 29.2 Å². The molecule has 166 valence electrons. The first-order valence-corrected chi connectivity index (χ1v) is 11.5. The van der Waals surface area contributed by atoms with Gasteiger partial charge in [0.25, 0.3) is 0 Å². The van der Waals surface area contributed by atoms with E-state index in [9.17, 15) is 9.59 Å². The van der Waals surface area contributed by atoms with Crippen LogP contribution in [0.5, 0.6) is 0 Å². The molecule has 1 aliphatic carbocycles. The number of carbonyl (C=O) groups is 2. The summed E-state index contributed by atoms with van der Waals surface area (Å²) in [5, 5.41) is 6.22. The summed E-state index contributed by atoms with van der Waals surface area (Å²) in [5.74, 6) is -0.113. The first-order chi connectivity index (χ1) is 16.2. The molecule has 4 aromatic rings. The van der Waals surface area contributed by atoms with Gasteiger partial charge >= 0.3 is 5.97 Å². The SMILES string of the molecule is CCn1c2ccccc2c2cc(C(=O)C(CCC3CC3)=NOC(=O)c3ccccc3)ccc21. The van der Waals surface area contributed by atoms with Crippen LogP contribution in [-0.4, -0.2) is 22.0 Å². The minimum Gasteiger partial charge on any atom is -0.341 e. The molecule has 1 aromatic heterocycles. The predicted octanol–water partition coefficient (Wildman–Crippen LogP) is 6.40. The first kappa shape index (κ1) is 21.1. The summed E-state index contributed by atoms with van der Waals surface area (Å²) >= 11 is 0. The summed E-state index contributed by atoms with van der Waals surface area (Å²) < 4.78 is 2.25. The maximum absolute atomic E-state index is 13.5. The highest BCUT2D eigenvalue weighted by atomic mass is 16.7. The number of benzene rings is 3. The number of Topliss-reactive ketones (excluding diaryl/α,β-unsaturated/α-hetero) is 1. The molecule has 0 radical (unpaired) electrons. The fourth-order valence-corrected chi connectivity index (χ4v) is 4.37. The zero-order valence-electron chi connectivity index (χ0n) is 18.7. The summed E-state index contributed by atoms with van der Waals surface area (Å²) in [7, 11) is 0. The number of carbonyl (C=O) groups excluding carboxylic acids is 2. The maximum Gasteiger partial charge on any atom is 0.365 e. The molecule has 0 amide bonds. The van der Waals surface area contributed by atoms with Gasteiger partial charge in [-0.05, 0) is 62.1 Å². The molecule has 1 saturated carbocycles. The van der Waals surface area contributed by atoms with Crippen LogP contribution < -0.4 is 0 Å². The molecule has 0 saturated heterocycles. The van der Waals surface area contributed by atoms with Crippen molar-refractivity contribution in [2.45, 2.75) is 39.2 Å². The number of hydrogen-bond acceptors (Lipinski definition) is 4. The van der Waals surface area contributed by atoms with Gasteiger partial charge in [0.05, 0.1) is 5.56 Å². The van der Waals surface area contributed by atoms with Gasteiger partial charge in [-0.2, -0.15) is 0 Å². The number of para-hydroxylation sites is 1. The highest BCUT2D eigenvalue weighted by Gasteiger charge is 2.25. The van der Waals surface area contributed by atoms with Gasteiger partial charge in [0.15, 0.2) is 0 Å². The monoisotopic (exact) mass is 438 g/mol. The van der Waals surface area contributed by atoms with Crippen LogP contribution in [0.2, 0.25) is 0 Å². The molecule has 1 fully saturated rings. The Hall–Kier alpha value is -3.73. The molecule has 0 N–H and O–H groups in total. The third-order valence-corrected chi connectivity index (χ3v) is 6.35. The van der Waals surface area contributed by atoms with E-state index >= 15 is 0 Å². The van der Waals surface area contributed by atoms with Crippen molar-refractivity contribution in [3.8, 4) is 0 Å². The zero-order valence-corrected chi connectivity index (χ0v) is 18.7. The fraction of sp³-hybridized carbons (Fsp3) is 0.250. The van der Waals surface area contributed by atoms with Gasteiger partial charge in [0.2, 0.25) is 5.78 Å².